The summed E-state index contributed by atoms with van der Waals surface area (Å²) in [5, 5.41) is 8.54. The van der Waals surface area contributed by atoms with Gasteiger partial charge in [-0.1, -0.05) is 19.1 Å². The minimum Gasteiger partial charge on any atom is -0.395 e. The van der Waals surface area contributed by atoms with E-state index in [9.17, 15) is 0 Å². The van der Waals surface area contributed by atoms with Crippen LogP contribution in [0.3, 0.4) is 0 Å². The van der Waals surface area contributed by atoms with Crippen molar-refractivity contribution in [2.45, 2.75) is 38.0 Å². The van der Waals surface area contributed by atoms with Gasteiger partial charge in [0.2, 0.25) is 0 Å². The highest BCUT2D eigenvalue weighted by atomic mass is 35.5. The van der Waals surface area contributed by atoms with Crippen molar-refractivity contribution in [3.8, 4) is 0 Å². The summed E-state index contributed by atoms with van der Waals surface area (Å²) in [5.41, 5.74) is 0. The molecule has 0 amide bonds. The van der Waals surface area contributed by atoms with E-state index in [4.69, 9.17) is 16.7 Å². The summed E-state index contributed by atoms with van der Waals surface area (Å²) in [6.07, 6.45) is 8.49. The molecular weight excluding hydrogens is 160 g/mol. The molecule has 0 saturated heterocycles. The second-order valence-electron chi connectivity index (χ2n) is 2.59. The van der Waals surface area contributed by atoms with Crippen LogP contribution in [0.15, 0.2) is 12.2 Å². The number of aliphatic hydroxyl groups is 1. The first-order chi connectivity index (χ1) is 5.31. The summed E-state index contributed by atoms with van der Waals surface area (Å²) in [6, 6.07) is 0. The standard InChI is InChI=1S/C9H17ClO/c1-2-3-4-5-6-7-9(10)8-11/h3-4,9,11H,2,5-8H2,1H3/b4-3+. The summed E-state index contributed by atoms with van der Waals surface area (Å²) in [7, 11) is 0. The van der Waals surface area contributed by atoms with Crippen molar-refractivity contribution >= 4 is 11.6 Å². The van der Waals surface area contributed by atoms with Crippen LogP contribution in [-0.2, 0) is 0 Å². The second kappa shape index (κ2) is 8.09. The van der Waals surface area contributed by atoms with Gasteiger partial charge in [-0.3, -0.25) is 0 Å². The number of alkyl halides is 1. The third-order valence-corrected chi connectivity index (χ3v) is 1.84. The van der Waals surface area contributed by atoms with E-state index in [1.54, 1.807) is 0 Å². The molecular formula is C9H17ClO. The van der Waals surface area contributed by atoms with Gasteiger partial charge < -0.3 is 5.11 Å². The lowest BCUT2D eigenvalue weighted by molar-refractivity contribution is 0.287. The summed E-state index contributed by atoms with van der Waals surface area (Å²) in [6.45, 7) is 2.22. The van der Waals surface area contributed by atoms with Crippen LogP contribution in [0.25, 0.3) is 0 Å². The summed E-state index contributed by atoms with van der Waals surface area (Å²) < 4.78 is 0. The van der Waals surface area contributed by atoms with Crippen molar-refractivity contribution in [3.63, 3.8) is 0 Å². The number of halogens is 1. The predicted molar refractivity (Wildman–Crippen MR) is 50.0 cm³/mol. The number of hydrogen-bond donors (Lipinski definition) is 1. The van der Waals surface area contributed by atoms with Crippen LogP contribution < -0.4 is 0 Å². The summed E-state index contributed by atoms with van der Waals surface area (Å²) >= 11 is 5.70. The Morgan fingerprint density at radius 1 is 1.45 bits per heavy atom. The summed E-state index contributed by atoms with van der Waals surface area (Å²) in [4.78, 5) is 0. The van der Waals surface area contributed by atoms with Gasteiger partial charge in [0, 0.05) is 0 Å². The van der Waals surface area contributed by atoms with Crippen molar-refractivity contribution in [2.24, 2.45) is 0 Å². The minimum absolute atomic E-state index is 0.0509. The molecule has 0 rings (SSSR count). The van der Waals surface area contributed by atoms with E-state index in [1.165, 1.54) is 0 Å². The molecule has 1 nitrogen and oxygen atoms in total. The van der Waals surface area contributed by atoms with Crippen molar-refractivity contribution in [1.29, 1.82) is 0 Å². The minimum atomic E-state index is -0.0509. The molecule has 11 heavy (non-hydrogen) atoms. The molecule has 2 heteroatoms. The zero-order chi connectivity index (χ0) is 8.53. The van der Waals surface area contributed by atoms with Crippen LogP contribution in [-0.4, -0.2) is 17.1 Å². The van der Waals surface area contributed by atoms with E-state index >= 15 is 0 Å². The maximum absolute atomic E-state index is 8.59. The van der Waals surface area contributed by atoms with Crippen molar-refractivity contribution in [2.75, 3.05) is 6.61 Å². The molecule has 0 saturated carbocycles. The van der Waals surface area contributed by atoms with Crippen molar-refractivity contribution in [3.05, 3.63) is 12.2 Å². The van der Waals surface area contributed by atoms with Gasteiger partial charge in [0.05, 0.1) is 12.0 Å². The number of hydrogen-bond acceptors (Lipinski definition) is 1. The Labute approximate surface area is 74.1 Å². The van der Waals surface area contributed by atoms with Crippen LogP contribution in [0.4, 0.5) is 0 Å². The molecule has 0 aromatic rings. The predicted octanol–water partition coefficient (Wildman–Crippen LogP) is 2.72. The molecule has 0 fully saturated rings. The number of aliphatic hydroxyl groups excluding tert-OH is 1. The largest absolute Gasteiger partial charge is 0.395 e. The van der Waals surface area contributed by atoms with E-state index in [-0.39, 0.29) is 12.0 Å². The Morgan fingerprint density at radius 3 is 2.73 bits per heavy atom. The topological polar surface area (TPSA) is 20.2 Å². The highest BCUT2D eigenvalue weighted by Crippen LogP contribution is 2.06. The molecule has 66 valence electrons. The van der Waals surface area contributed by atoms with Crippen LogP contribution in [0, 0.1) is 0 Å². The molecule has 0 heterocycles. The molecule has 1 atom stereocenters. The smallest absolute Gasteiger partial charge is 0.0595 e. The van der Waals surface area contributed by atoms with Crippen LogP contribution in [0.1, 0.15) is 32.6 Å². The fraction of sp³-hybridized carbons (Fsp3) is 0.778. The molecule has 0 bridgehead atoms. The molecule has 0 aromatic carbocycles. The van der Waals surface area contributed by atoms with Gasteiger partial charge in [0.25, 0.3) is 0 Å². The van der Waals surface area contributed by atoms with Crippen LogP contribution in [0.5, 0.6) is 0 Å². The van der Waals surface area contributed by atoms with Crippen molar-refractivity contribution < 1.29 is 5.11 Å². The first-order valence-corrected chi connectivity index (χ1v) is 4.64. The van der Waals surface area contributed by atoms with Gasteiger partial charge in [0.1, 0.15) is 0 Å². The SMILES string of the molecule is CC/C=C/CCCC(Cl)CO. The highest BCUT2D eigenvalue weighted by Gasteiger charge is 1.99. The zero-order valence-corrected chi connectivity index (χ0v) is 7.85. The molecule has 0 aliphatic rings. The maximum atomic E-state index is 8.59. The van der Waals surface area contributed by atoms with Gasteiger partial charge in [-0.15, -0.1) is 11.6 Å². The number of allylic oxidation sites excluding steroid dienone is 2. The highest BCUT2D eigenvalue weighted by molar-refractivity contribution is 6.20. The molecule has 0 aromatic heterocycles. The van der Waals surface area contributed by atoms with E-state index in [0.29, 0.717) is 0 Å². The van der Waals surface area contributed by atoms with Gasteiger partial charge in [-0.25, -0.2) is 0 Å². The Morgan fingerprint density at radius 2 is 2.18 bits per heavy atom. The lowest BCUT2D eigenvalue weighted by Crippen LogP contribution is -2.03. The van der Waals surface area contributed by atoms with E-state index < -0.39 is 0 Å². The summed E-state index contributed by atoms with van der Waals surface area (Å²) in [5.74, 6) is 0. The lowest BCUT2D eigenvalue weighted by Gasteiger charge is -2.02. The van der Waals surface area contributed by atoms with Gasteiger partial charge >= 0.3 is 0 Å². The third-order valence-electron chi connectivity index (χ3n) is 1.49. The van der Waals surface area contributed by atoms with E-state index in [1.807, 2.05) is 0 Å². The molecule has 1 N–H and O–H groups in total. The molecule has 1 unspecified atom stereocenters. The first kappa shape index (κ1) is 11.0. The Balaban J connectivity index is 3.07. The Bertz CT molecular complexity index is 102. The van der Waals surface area contributed by atoms with Gasteiger partial charge in [0.15, 0.2) is 0 Å². The first-order valence-electron chi connectivity index (χ1n) is 4.21. The third kappa shape index (κ3) is 7.89. The lowest BCUT2D eigenvalue weighted by atomic mass is 10.2. The average molecular weight is 177 g/mol. The van der Waals surface area contributed by atoms with E-state index in [2.05, 4.69) is 19.1 Å². The fourth-order valence-corrected chi connectivity index (χ4v) is 0.987. The van der Waals surface area contributed by atoms with E-state index in [0.717, 1.165) is 25.7 Å². The molecule has 0 aliphatic heterocycles. The molecule has 0 spiro atoms. The normalized spacial score (nSPS) is 14.1. The maximum Gasteiger partial charge on any atom is 0.0595 e. The quantitative estimate of drug-likeness (QED) is 0.375. The van der Waals surface area contributed by atoms with Crippen LogP contribution in [0.2, 0.25) is 0 Å². The molecule has 0 aliphatic carbocycles. The average Bonchev–Trinajstić information content (AvgIpc) is 2.04. The number of unbranched alkanes of at least 4 members (excludes halogenated alkanes) is 1. The molecule has 0 radical (unpaired) electrons. The number of rotatable bonds is 6. The van der Waals surface area contributed by atoms with Gasteiger partial charge in [-0.2, -0.15) is 0 Å². The van der Waals surface area contributed by atoms with Crippen molar-refractivity contribution in [1.82, 2.24) is 0 Å². The van der Waals surface area contributed by atoms with Gasteiger partial charge in [-0.05, 0) is 25.7 Å². The van der Waals surface area contributed by atoms with Crippen LogP contribution >= 0.6 is 11.6 Å². The fourth-order valence-electron chi connectivity index (χ4n) is 0.833. The Kier molecular flexibility index (Phi) is 8.08. The second-order valence-corrected chi connectivity index (χ2v) is 3.21. The zero-order valence-electron chi connectivity index (χ0n) is 7.09. The Hall–Kier alpha value is -0.0100. The monoisotopic (exact) mass is 176 g/mol.